The van der Waals surface area contributed by atoms with Gasteiger partial charge in [-0.25, -0.2) is 12.8 Å². The van der Waals surface area contributed by atoms with Crippen molar-refractivity contribution < 1.29 is 38.9 Å². The van der Waals surface area contributed by atoms with Gasteiger partial charge in [0.25, 0.3) is 10.1 Å². The quantitative estimate of drug-likeness (QED) is 0.548. The van der Waals surface area contributed by atoms with E-state index in [1.54, 1.807) is 0 Å². The summed E-state index contributed by atoms with van der Waals surface area (Å²) in [5, 5.41) is -0.519. The molecule has 13 heteroatoms. The van der Waals surface area contributed by atoms with Crippen molar-refractivity contribution in [3.8, 4) is 11.5 Å². The summed E-state index contributed by atoms with van der Waals surface area (Å²) in [5.41, 5.74) is -0.563. The van der Waals surface area contributed by atoms with Gasteiger partial charge >= 0.3 is 5.76 Å². The van der Waals surface area contributed by atoms with E-state index in [9.17, 15) is 30.0 Å². The second-order valence-corrected chi connectivity index (χ2v) is 9.68. The topological polar surface area (TPSA) is 86.7 Å². The molecule has 0 amide bonds. The van der Waals surface area contributed by atoms with Crippen molar-refractivity contribution in [1.82, 2.24) is 0 Å². The van der Waals surface area contributed by atoms with Crippen LogP contribution in [-0.2, 0) is 30.7 Å². The molecule has 0 radical (unpaired) electrons. The van der Waals surface area contributed by atoms with E-state index in [4.69, 9.17) is 27.9 Å². The first-order chi connectivity index (χ1) is 12.8. The second kappa shape index (κ2) is 8.46. The molecule has 0 N–H and O–H groups in total. The van der Waals surface area contributed by atoms with Gasteiger partial charge in [0.15, 0.2) is 0 Å². The van der Waals surface area contributed by atoms with Gasteiger partial charge in [-0.15, -0.1) is 0 Å². The van der Waals surface area contributed by atoms with Crippen LogP contribution in [-0.4, -0.2) is 28.8 Å². The molecule has 0 aliphatic heterocycles. The molecule has 0 saturated heterocycles. The molecule has 0 aliphatic carbocycles. The number of sulfone groups is 1. The molecular formula is C15H11Cl2F3O6S2. The molecule has 0 aliphatic rings. The summed E-state index contributed by atoms with van der Waals surface area (Å²) < 4.78 is 95.3. The number of alkyl halides is 2. The van der Waals surface area contributed by atoms with E-state index in [-0.39, 0.29) is 16.5 Å². The van der Waals surface area contributed by atoms with Gasteiger partial charge in [-0.3, -0.25) is 4.18 Å². The standard InChI is InChI=1S/C15H11Cl2F3O6S2/c1-27(21,22)25-7-11-13(28(23,24)15(19)20)3-2-12(14(11)17)26-10-5-8(16)4-9(18)6-10/h2-6,15H,7H2,1H3. The minimum absolute atomic E-state index is 0.0105. The molecule has 0 saturated carbocycles. The van der Waals surface area contributed by atoms with Gasteiger partial charge in [-0.1, -0.05) is 23.2 Å². The third-order valence-corrected chi connectivity index (χ3v) is 5.83. The Kier molecular flexibility index (Phi) is 6.87. The first-order valence-electron chi connectivity index (χ1n) is 7.13. The number of benzene rings is 2. The second-order valence-electron chi connectivity index (χ2n) is 5.33. The van der Waals surface area contributed by atoms with Crippen molar-refractivity contribution in [2.24, 2.45) is 0 Å². The average molecular weight is 479 g/mol. The fraction of sp³-hybridized carbons (Fsp3) is 0.200. The molecule has 6 nitrogen and oxygen atoms in total. The highest BCUT2D eigenvalue weighted by atomic mass is 35.5. The van der Waals surface area contributed by atoms with Crippen molar-refractivity contribution in [1.29, 1.82) is 0 Å². The van der Waals surface area contributed by atoms with E-state index in [1.807, 2.05) is 0 Å². The lowest BCUT2D eigenvalue weighted by molar-refractivity contribution is 0.234. The summed E-state index contributed by atoms with van der Waals surface area (Å²) >= 11 is 11.8. The molecule has 28 heavy (non-hydrogen) atoms. The third kappa shape index (κ3) is 5.51. The van der Waals surface area contributed by atoms with Gasteiger partial charge in [0.2, 0.25) is 9.84 Å². The van der Waals surface area contributed by atoms with Crippen LogP contribution in [0.4, 0.5) is 13.2 Å². The largest absolute Gasteiger partial charge is 0.456 e. The van der Waals surface area contributed by atoms with E-state index >= 15 is 0 Å². The fourth-order valence-corrected chi connectivity index (χ4v) is 3.85. The van der Waals surface area contributed by atoms with Crippen molar-refractivity contribution in [2.75, 3.05) is 6.26 Å². The highest BCUT2D eigenvalue weighted by Gasteiger charge is 2.31. The first-order valence-corrected chi connectivity index (χ1v) is 11.2. The summed E-state index contributed by atoms with van der Waals surface area (Å²) in [5.74, 6) is -4.90. The molecule has 0 unspecified atom stereocenters. The smallest absolute Gasteiger partial charge is 0.341 e. The van der Waals surface area contributed by atoms with Gasteiger partial charge in [-0.2, -0.15) is 17.2 Å². The predicted octanol–water partition coefficient (Wildman–Crippen LogP) is 4.40. The van der Waals surface area contributed by atoms with Crippen LogP contribution in [0.25, 0.3) is 0 Å². The van der Waals surface area contributed by atoms with E-state index < -0.39 is 53.6 Å². The molecule has 0 bridgehead atoms. The SMILES string of the molecule is CS(=O)(=O)OCc1c(S(=O)(=O)C(F)F)ccc(Oc2cc(F)cc(Cl)c2)c1Cl. The minimum atomic E-state index is -5.13. The molecule has 0 heterocycles. The van der Waals surface area contributed by atoms with Gasteiger partial charge in [-0.05, 0) is 24.3 Å². The summed E-state index contributed by atoms with van der Waals surface area (Å²) in [7, 11) is -9.18. The Morgan fingerprint density at radius 2 is 1.71 bits per heavy atom. The number of halogens is 5. The number of rotatable bonds is 7. The van der Waals surface area contributed by atoms with E-state index in [0.717, 1.165) is 24.3 Å². The van der Waals surface area contributed by atoms with Crippen molar-refractivity contribution >= 4 is 43.2 Å². The zero-order chi connectivity index (χ0) is 21.3. The Bertz CT molecular complexity index is 1080. The highest BCUT2D eigenvalue weighted by molar-refractivity contribution is 7.91. The molecular weight excluding hydrogens is 468 g/mol. The van der Waals surface area contributed by atoms with Crippen molar-refractivity contribution in [3.05, 3.63) is 51.8 Å². The summed E-state index contributed by atoms with van der Waals surface area (Å²) in [6.07, 6.45) is 0.678. The monoisotopic (exact) mass is 478 g/mol. The van der Waals surface area contributed by atoms with Crippen LogP contribution in [0, 0.1) is 5.82 Å². The number of ether oxygens (including phenoxy) is 1. The molecule has 2 aromatic rings. The van der Waals surface area contributed by atoms with Crippen LogP contribution >= 0.6 is 23.2 Å². The maximum Gasteiger partial charge on any atom is 0.341 e. The van der Waals surface area contributed by atoms with E-state index in [1.165, 1.54) is 6.07 Å². The zero-order valence-electron chi connectivity index (χ0n) is 13.8. The van der Waals surface area contributed by atoms with Crippen molar-refractivity contribution in [2.45, 2.75) is 17.3 Å². The molecule has 0 atom stereocenters. The lowest BCUT2D eigenvalue weighted by Crippen LogP contribution is -2.15. The molecule has 0 fully saturated rings. The molecule has 0 spiro atoms. The van der Waals surface area contributed by atoms with E-state index in [0.29, 0.717) is 6.26 Å². The Labute approximate surface area is 168 Å². The lowest BCUT2D eigenvalue weighted by atomic mass is 10.2. The summed E-state index contributed by atoms with van der Waals surface area (Å²) in [6.45, 7) is -0.944. The predicted molar refractivity (Wildman–Crippen MR) is 95.8 cm³/mol. The van der Waals surface area contributed by atoms with Crippen LogP contribution in [0.1, 0.15) is 5.56 Å². The van der Waals surface area contributed by atoms with Gasteiger partial charge in [0.05, 0.1) is 22.8 Å². The summed E-state index contributed by atoms with van der Waals surface area (Å²) in [4.78, 5) is -0.930. The van der Waals surface area contributed by atoms with E-state index in [2.05, 4.69) is 4.18 Å². The van der Waals surface area contributed by atoms with Gasteiger partial charge < -0.3 is 4.74 Å². The molecule has 0 aromatic heterocycles. The van der Waals surface area contributed by atoms with Crippen molar-refractivity contribution in [3.63, 3.8) is 0 Å². The van der Waals surface area contributed by atoms with Crippen LogP contribution < -0.4 is 4.74 Å². The Morgan fingerprint density at radius 3 is 2.25 bits per heavy atom. The van der Waals surface area contributed by atoms with Gasteiger partial charge in [0.1, 0.15) is 17.3 Å². The Morgan fingerprint density at radius 1 is 1.07 bits per heavy atom. The molecule has 2 rings (SSSR count). The Balaban J connectivity index is 2.57. The molecule has 2 aromatic carbocycles. The third-order valence-electron chi connectivity index (χ3n) is 3.19. The highest BCUT2D eigenvalue weighted by Crippen LogP contribution is 2.38. The first kappa shape index (κ1) is 22.8. The maximum atomic E-state index is 13.4. The van der Waals surface area contributed by atoms with Gasteiger partial charge in [0, 0.05) is 16.7 Å². The van der Waals surface area contributed by atoms with Crippen LogP contribution in [0.3, 0.4) is 0 Å². The summed E-state index contributed by atoms with van der Waals surface area (Å²) in [6, 6.07) is 4.88. The Hall–Kier alpha value is -1.53. The minimum Gasteiger partial charge on any atom is -0.456 e. The lowest BCUT2D eigenvalue weighted by Gasteiger charge is -2.15. The fourth-order valence-electron chi connectivity index (χ4n) is 2.04. The number of hydrogen-bond acceptors (Lipinski definition) is 6. The normalized spacial score (nSPS) is 12.4. The van der Waals surface area contributed by atoms with Crippen LogP contribution in [0.2, 0.25) is 10.0 Å². The molecule has 154 valence electrons. The van der Waals surface area contributed by atoms with Crippen LogP contribution in [0.5, 0.6) is 11.5 Å². The average Bonchev–Trinajstić information content (AvgIpc) is 2.53. The van der Waals surface area contributed by atoms with Crippen LogP contribution in [0.15, 0.2) is 35.2 Å². The number of hydrogen-bond donors (Lipinski definition) is 0. The maximum absolute atomic E-state index is 13.4. The zero-order valence-corrected chi connectivity index (χ0v) is 17.0.